The van der Waals surface area contributed by atoms with Crippen LogP contribution in [0.15, 0.2) is 18.2 Å². The van der Waals surface area contributed by atoms with Gasteiger partial charge in [0.05, 0.1) is 12.0 Å². The number of nitrogens with zero attached hydrogens (tertiary/aromatic N) is 5. The number of aliphatic carboxylic acids is 1. The average Bonchev–Trinajstić information content (AvgIpc) is 3.48. The maximum Gasteiger partial charge on any atom is 0.409 e. The van der Waals surface area contributed by atoms with Crippen molar-refractivity contribution in [1.82, 2.24) is 29.8 Å². The van der Waals surface area contributed by atoms with E-state index in [1.807, 2.05) is 34.9 Å². The topological polar surface area (TPSA) is 294 Å². The van der Waals surface area contributed by atoms with Gasteiger partial charge in [0.25, 0.3) is 2.86 Å². The molecular formula is C34H60N6O15. The Morgan fingerprint density at radius 2 is 1.47 bits per heavy atom. The Bertz CT molecular complexity index is 1430. The Hall–Kier alpha value is -4.83. The standard InChI is InChI=1S/C24H36N2O11.C5H12N2O2.C5H10N2O.H2O/c1-24(2,3)37-14-7-6-13(12-35-23(34)26(5)9-8-25(4)22(32)33)16(10-14)36-17-11-15(21(30)31)18(27)20(29)19(17)28;1-6-3-4-7(2)5(8)9;1-6-3-4-7(2)5(6)8;/h6-7,10,15,17-20,27-29H,8-9,11-12H2,1-5H3,(H,30,31)(H,32,33);6H,3-4H2,1-2H3,(H,8,9);3-4H2,1-2H3;1H2/t15-,17?,18+,19-,20-;;;/m0.../s1/i/hD3. The van der Waals surface area contributed by atoms with Crippen LogP contribution < -0.4 is 14.8 Å². The summed E-state index contributed by atoms with van der Waals surface area (Å²) in [5.41, 5.74) is 6.05. The van der Waals surface area contributed by atoms with Gasteiger partial charge in [0.2, 0.25) is 1.43 Å². The van der Waals surface area contributed by atoms with E-state index in [9.17, 15) is 44.4 Å². The van der Waals surface area contributed by atoms with Crippen LogP contribution in [0.2, 0.25) is 0 Å². The van der Waals surface area contributed by atoms with Gasteiger partial charge in [-0.3, -0.25) is 4.79 Å². The van der Waals surface area contributed by atoms with Gasteiger partial charge < -0.3 is 80.1 Å². The van der Waals surface area contributed by atoms with Gasteiger partial charge in [-0.1, -0.05) is 0 Å². The lowest BCUT2D eigenvalue weighted by Crippen LogP contribution is -2.57. The number of ether oxygens (including phenoxy) is 3. The Morgan fingerprint density at radius 1 is 0.927 bits per heavy atom. The number of likely N-dealkylation sites (N-methyl/N-ethyl adjacent to an activating group) is 6. The third-order valence-electron chi connectivity index (χ3n) is 8.22. The quantitative estimate of drug-likeness (QED) is 0.146. The molecule has 1 heterocycles. The molecule has 0 aromatic heterocycles. The number of amides is 5. The van der Waals surface area contributed by atoms with Gasteiger partial charge in [-0.15, -0.1) is 0 Å². The summed E-state index contributed by atoms with van der Waals surface area (Å²) in [5.74, 6) is -2.20. The smallest absolute Gasteiger partial charge is 0.409 e. The van der Waals surface area contributed by atoms with Crippen LogP contribution in [0.1, 0.15) is 34.2 Å². The minimum Gasteiger partial charge on any atom is -0.488 e. The van der Waals surface area contributed by atoms with Gasteiger partial charge in [0.15, 0.2) is 0 Å². The lowest BCUT2D eigenvalue weighted by molar-refractivity contribution is -0.174. The number of hydrogen-bond donors (Lipinski definition) is 7. The number of rotatable bonds is 12. The summed E-state index contributed by atoms with van der Waals surface area (Å²) in [6.45, 7) is 8.41. The second kappa shape index (κ2) is 23.2. The predicted molar refractivity (Wildman–Crippen MR) is 197 cm³/mol. The molecule has 1 aromatic rings. The fourth-order valence-electron chi connectivity index (χ4n) is 4.78. The Labute approximate surface area is 325 Å². The van der Waals surface area contributed by atoms with Crippen LogP contribution in [0.4, 0.5) is 19.2 Å². The second-order valence-electron chi connectivity index (χ2n) is 13.9. The fraction of sp³-hybridized carbons (Fsp3) is 0.676. The molecule has 1 saturated carbocycles. The molecule has 316 valence electrons. The number of carboxylic acid groups (broad SMARTS) is 3. The zero-order valence-electron chi connectivity index (χ0n) is 35.8. The lowest BCUT2D eigenvalue weighted by Gasteiger charge is -2.38. The molecule has 5 amide bonds. The van der Waals surface area contributed by atoms with Gasteiger partial charge in [-0.25, -0.2) is 19.2 Å². The minimum atomic E-state index is -1.75. The molecule has 9 N–H and O–H groups in total. The maximum absolute atomic E-state index is 12.5. The number of urea groups is 1. The minimum absolute atomic E-state index is 0.0923. The number of benzene rings is 1. The number of aliphatic hydroxyl groups excluding tert-OH is 3. The van der Waals surface area contributed by atoms with Crippen LogP contribution in [-0.2, 0) is 16.1 Å². The summed E-state index contributed by atoms with van der Waals surface area (Å²) >= 11 is 0. The van der Waals surface area contributed by atoms with E-state index in [1.54, 1.807) is 36.0 Å². The van der Waals surface area contributed by atoms with Crippen molar-refractivity contribution in [3.63, 3.8) is 0 Å². The first-order valence-electron chi connectivity index (χ1n) is 18.4. The van der Waals surface area contributed by atoms with Crippen LogP contribution in [-0.4, -0.2) is 202 Å². The fourth-order valence-corrected chi connectivity index (χ4v) is 4.78. The molecule has 1 aliphatic heterocycles. The molecule has 2 fully saturated rings. The third-order valence-corrected chi connectivity index (χ3v) is 8.22. The molecule has 21 nitrogen and oxygen atoms in total. The van der Waals surface area contributed by atoms with Crippen molar-refractivity contribution in [2.24, 2.45) is 5.92 Å². The molecule has 2 aliphatic rings. The monoisotopic (exact) mass is 795 g/mol. The molecule has 1 saturated heterocycles. The summed E-state index contributed by atoms with van der Waals surface area (Å²) in [6, 6.07) is 4.84. The normalized spacial score (nSPS) is 20.9. The summed E-state index contributed by atoms with van der Waals surface area (Å²) in [5, 5.41) is 50.6. The van der Waals surface area contributed by atoms with Crippen molar-refractivity contribution in [2.75, 3.05) is 81.6 Å². The van der Waals surface area contributed by atoms with Crippen molar-refractivity contribution < 1.29 is 75.7 Å². The van der Waals surface area contributed by atoms with Crippen LogP contribution in [0.3, 0.4) is 0 Å². The Balaban J connectivity index is 0.00000132. The van der Waals surface area contributed by atoms with Gasteiger partial charge in [0, 0.05) is 92.6 Å². The van der Waals surface area contributed by atoms with E-state index < -0.39 is 60.2 Å². The molecule has 3 rings (SSSR count). The number of carboxylic acids is 1. The van der Waals surface area contributed by atoms with Crippen molar-refractivity contribution in [3.8, 4) is 11.5 Å². The average molecular weight is 796 g/mol. The van der Waals surface area contributed by atoms with Crippen molar-refractivity contribution in [1.29, 1.82) is 2.86 Å². The summed E-state index contributed by atoms with van der Waals surface area (Å²) in [7, 11) is 9.86. The number of carbonyl (C=O) groups excluding carboxylic acids is 2. The first-order valence-corrected chi connectivity index (χ1v) is 17.1. The first kappa shape index (κ1) is 44.6. The third kappa shape index (κ3) is 17.0. The Kier molecular flexibility index (Phi) is 18.8. The van der Waals surface area contributed by atoms with E-state index in [0.29, 0.717) is 24.4 Å². The van der Waals surface area contributed by atoms with Crippen LogP contribution in [0.25, 0.3) is 2.86 Å². The van der Waals surface area contributed by atoms with Crippen molar-refractivity contribution >= 4 is 30.3 Å². The van der Waals surface area contributed by atoms with E-state index in [0.717, 1.165) is 18.0 Å². The molecular weight excluding hydrogens is 732 g/mol. The maximum atomic E-state index is 12.5. The van der Waals surface area contributed by atoms with E-state index in [2.05, 4.69) is 15.5 Å². The molecule has 21 heteroatoms. The molecule has 1 aliphatic carbocycles. The van der Waals surface area contributed by atoms with E-state index in [-0.39, 0.29) is 37.9 Å². The van der Waals surface area contributed by atoms with E-state index in [4.69, 9.17) is 24.0 Å². The molecule has 0 radical (unpaired) electrons. The first-order chi connectivity index (χ1) is 27.1. The summed E-state index contributed by atoms with van der Waals surface area (Å²) in [4.78, 5) is 63.7. The summed E-state index contributed by atoms with van der Waals surface area (Å²) in [6.07, 6.45) is -8.70. The van der Waals surface area contributed by atoms with Crippen molar-refractivity contribution in [2.45, 2.75) is 63.8 Å². The molecule has 1 aromatic carbocycles. The van der Waals surface area contributed by atoms with Crippen LogP contribution >= 0.6 is 0 Å². The van der Waals surface area contributed by atoms with E-state index >= 15 is 0 Å². The number of aliphatic hydroxyl groups is 3. The van der Waals surface area contributed by atoms with Gasteiger partial charge >= 0.3 is 30.3 Å². The highest BCUT2D eigenvalue weighted by Gasteiger charge is 2.47. The highest BCUT2D eigenvalue weighted by atomic mass is 16.6. The molecule has 1 unspecified atom stereocenters. The number of hydrogen-bond acceptors (Lipinski definition) is 14. The number of nitrogens with one attached hydrogen (secondary N) is 1. The zero-order chi connectivity index (χ0) is 44.9. The van der Waals surface area contributed by atoms with Gasteiger partial charge in [-0.2, -0.15) is 0 Å². The summed E-state index contributed by atoms with van der Waals surface area (Å²) < 4.78 is 34.8. The molecule has 5 atom stereocenters. The molecule has 55 heavy (non-hydrogen) atoms. The predicted octanol–water partition coefficient (Wildman–Crippen LogP) is -0.0488. The van der Waals surface area contributed by atoms with Crippen LogP contribution in [0, 0.1) is 5.92 Å². The molecule has 0 spiro atoms. The van der Waals surface area contributed by atoms with E-state index in [1.165, 1.54) is 30.0 Å². The van der Waals surface area contributed by atoms with Crippen LogP contribution in [0.5, 0.6) is 11.5 Å². The Morgan fingerprint density at radius 3 is 1.95 bits per heavy atom. The second-order valence-corrected chi connectivity index (χ2v) is 13.9. The highest BCUT2D eigenvalue weighted by Crippen LogP contribution is 2.34. The number of carbonyl (C=O) groups is 5. The van der Waals surface area contributed by atoms with Gasteiger partial charge in [0.1, 0.15) is 42.0 Å². The van der Waals surface area contributed by atoms with Gasteiger partial charge in [-0.05, 0) is 40.0 Å². The van der Waals surface area contributed by atoms with Crippen molar-refractivity contribution in [3.05, 3.63) is 23.8 Å². The SMILES string of the molecule is CN1CCN(C)C1=O.[2H]O.[2H]OC(=O)N(C)CCN(C)C(=O)OCc1ccc(OC(C)(C)C)cc1OC1C[C@H](C(=O)O)[C@@H](O)[C@H](O)[C@H]1O.[2H]OC(=O)N(C)CCNC. The zero-order valence-corrected chi connectivity index (χ0v) is 32.8. The lowest BCUT2D eigenvalue weighted by atomic mass is 9.80. The highest BCUT2D eigenvalue weighted by molar-refractivity contribution is 5.75. The largest absolute Gasteiger partial charge is 0.488 e. The molecule has 0 bridgehead atoms.